The maximum absolute atomic E-state index is 5.36. The maximum Gasteiger partial charge on any atom is 0.0524 e. The van der Waals surface area contributed by atoms with Gasteiger partial charge in [-0.3, -0.25) is 0 Å². The Kier molecular flexibility index (Phi) is 20.6. The Morgan fingerprint density at radius 1 is 0.778 bits per heavy atom. The Labute approximate surface area is 132 Å². The van der Waals surface area contributed by atoms with Crippen molar-refractivity contribution in [1.82, 2.24) is 0 Å². The van der Waals surface area contributed by atoms with Gasteiger partial charge in [-0.15, -0.1) is 0 Å². The minimum atomic E-state index is 0.0635. The van der Waals surface area contributed by atoms with E-state index in [1.807, 2.05) is 41.2 Å². The van der Waals surface area contributed by atoms with Crippen LogP contribution >= 0.6 is 41.2 Å². The molecule has 2 nitrogen and oxygen atoms in total. The summed E-state index contributed by atoms with van der Waals surface area (Å²) >= 11 is 0. The molecule has 0 saturated carbocycles. The zero-order chi connectivity index (χ0) is 13.3. The lowest BCUT2D eigenvalue weighted by Crippen LogP contribution is -2.03. The Morgan fingerprint density at radius 2 is 1.22 bits per heavy atom. The van der Waals surface area contributed by atoms with Crippen molar-refractivity contribution in [2.24, 2.45) is 0 Å². The fourth-order valence-electron chi connectivity index (χ4n) is 1.13. The summed E-state index contributed by atoms with van der Waals surface area (Å²) in [5, 5.41) is 0. The maximum atomic E-state index is 5.36. The van der Waals surface area contributed by atoms with Crippen LogP contribution in [0.15, 0.2) is 0 Å². The molecule has 8 heteroatoms. The van der Waals surface area contributed by atoms with Crippen LogP contribution in [0.1, 0.15) is 13.8 Å². The van der Waals surface area contributed by atoms with Gasteiger partial charge in [0.05, 0.1) is 19.0 Å². The molecule has 0 bridgehead atoms. The van der Waals surface area contributed by atoms with Crippen molar-refractivity contribution in [1.29, 1.82) is 0 Å². The third kappa shape index (κ3) is 17.8. The molecule has 0 radical (unpaired) electrons. The van der Waals surface area contributed by atoms with Crippen molar-refractivity contribution >= 4 is 60.3 Å². The molecular formula is C10H26O2S4Si2. The van der Waals surface area contributed by atoms with E-state index < -0.39 is 0 Å². The predicted octanol–water partition coefficient (Wildman–Crippen LogP) is 2.83. The summed E-state index contributed by atoms with van der Waals surface area (Å²) in [6.07, 6.45) is 2.13. The Bertz CT molecular complexity index is 142. The van der Waals surface area contributed by atoms with Gasteiger partial charge in [0.25, 0.3) is 0 Å². The molecule has 0 aliphatic heterocycles. The first-order valence-corrected chi connectivity index (χ1v) is 15.8. The fourth-order valence-corrected chi connectivity index (χ4v) is 12.1. The van der Waals surface area contributed by atoms with Crippen molar-refractivity contribution in [3.63, 3.8) is 0 Å². The Balaban J connectivity index is 2.86. The fraction of sp³-hybridized carbons (Fsp3) is 1.00. The molecule has 0 rings (SSSR count). The van der Waals surface area contributed by atoms with Crippen LogP contribution in [0.3, 0.4) is 0 Å². The van der Waals surface area contributed by atoms with Crippen LogP contribution in [-0.4, -0.2) is 56.2 Å². The molecule has 0 unspecified atom stereocenters. The molecule has 0 aromatic heterocycles. The smallest absolute Gasteiger partial charge is 0.0524 e. The number of hydrogen-bond donors (Lipinski definition) is 0. The summed E-state index contributed by atoms with van der Waals surface area (Å²) in [6.45, 7) is 5.91. The lowest BCUT2D eigenvalue weighted by Gasteiger charge is -2.01. The van der Waals surface area contributed by atoms with Crippen molar-refractivity contribution in [2.45, 2.75) is 25.9 Å². The molecule has 0 N–H and O–H groups in total. The molecule has 18 heavy (non-hydrogen) atoms. The van der Waals surface area contributed by atoms with Crippen LogP contribution in [0.4, 0.5) is 0 Å². The van der Waals surface area contributed by atoms with Gasteiger partial charge in [0.2, 0.25) is 0 Å². The molecule has 0 aromatic rings. The van der Waals surface area contributed by atoms with Crippen LogP contribution in [0.25, 0.3) is 0 Å². The summed E-state index contributed by atoms with van der Waals surface area (Å²) in [6, 6.07) is 2.81. The van der Waals surface area contributed by atoms with Gasteiger partial charge < -0.3 is 9.47 Å². The SMILES string of the molecule is CCOC[SiH2]CCSSSSCC[SiH2]COCC. The first-order valence-electron chi connectivity index (χ1n) is 6.65. The van der Waals surface area contributed by atoms with E-state index in [1.165, 1.54) is 23.6 Å². The third-order valence-electron chi connectivity index (χ3n) is 2.06. The second kappa shape index (κ2) is 18.8. The van der Waals surface area contributed by atoms with Gasteiger partial charge >= 0.3 is 0 Å². The molecular weight excluding hydrogens is 337 g/mol. The molecule has 110 valence electrons. The summed E-state index contributed by atoms with van der Waals surface area (Å²) in [7, 11) is 8.04. The average molecular weight is 363 g/mol. The van der Waals surface area contributed by atoms with Crippen molar-refractivity contribution in [3.8, 4) is 0 Å². The van der Waals surface area contributed by atoms with Crippen LogP contribution in [0, 0.1) is 0 Å². The van der Waals surface area contributed by atoms with Gasteiger partial charge in [-0.05, 0) is 33.5 Å². The van der Waals surface area contributed by atoms with E-state index in [-0.39, 0.29) is 19.0 Å². The summed E-state index contributed by atoms with van der Waals surface area (Å²) < 4.78 is 10.7. The molecule has 0 aromatic carbocycles. The van der Waals surface area contributed by atoms with Gasteiger partial charge in [-0.25, -0.2) is 0 Å². The van der Waals surface area contributed by atoms with Crippen LogP contribution in [0.2, 0.25) is 12.1 Å². The van der Waals surface area contributed by atoms with Gasteiger partial charge in [-0.1, -0.05) is 33.7 Å². The molecule has 0 heterocycles. The first-order chi connectivity index (χ1) is 8.91. The minimum Gasteiger partial charge on any atom is -0.386 e. The van der Waals surface area contributed by atoms with Gasteiger partial charge in [0.1, 0.15) is 0 Å². The van der Waals surface area contributed by atoms with Crippen molar-refractivity contribution in [2.75, 3.05) is 37.2 Å². The minimum absolute atomic E-state index is 0.0635. The number of hydrogen-bond acceptors (Lipinski definition) is 6. The molecule has 0 atom stereocenters. The monoisotopic (exact) mass is 362 g/mol. The van der Waals surface area contributed by atoms with Crippen molar-refractivity contribution < 1.29 is 9.47 Å². The van der Waals surface area contributed by atoms with E-state index in [0.29, 0.717) is 0 Å². The zero-order valence-electron chi connectivity index (χ0n) is 11.5. The largest absolute Gasteiger partial charge is 0.386 e. The second-order valence-corrected chi connectivity index (χ2v) is 13.5. The number of ether oxygens (including phenoxy) is 2. The lowest BCUT2D eigenvalue weighted by atomic mass is 10.9. The number of rotatable bonds is 15. The molecule has 0 fully saturated rings. The first kappa shape index (κ1) is 19.8. The summed E-state index contributed by atoms with van der Waals surface area (Å²) in [5.74, 6) is 2.60. The van der Waals surface area contributed by atoms with Gasteiger partial charge in [0.15, 0.2) is 0 Å². The van der Waals surface area contributed by atoms with Crippen LogP contribution in [0.5, 0.6) is 0 Å². The zero-order valence-corrected chi connectivity index (χ0v) is 17.6. The van der Waals surface area contributed by atoms with E-state index in [4.69, 9.17) is 9.47 Å². The van der Waals surface area contributed by atoms with Crippen molar-refractivity contribution in [3.05, 3.63) is 0 Å². The highest BCUT2D eigenvalue weighted by Gasteiger charge is 1.95. The highest BCUT2D eigenvalue weighted by molar-refractivity contribution is 9.26. The summed E-state index contributed by atoms with van der Waals surface area (Å²) in [5.41, 5.74) is 0. The van der Waals surface area contributed by atoms with E-state index in [0.717, 1.165) is 25.7 Å². The van der Waals surface area contributed by atoms with Crippen LogP contribution in [-0.2, 0) is 9.47 Å². The van der Waals surface area contributed by atoms with Gasteiger partial charge in [0, 0.05) is 37.2 Å². The molecule has 0 aliphatic carbocycles. The lowest BCUT2D eigenvalue weighted by molar-refractivity contribution is 0.193. The van der Waals surface area contributed by atoms with E-state index >= 15 is 0 Å². The van der Waals surface area contributed by atoms with Gasteiger partial charge in [-0.2, -0.15) is 0 Å². The average Bonchev–Trinajstić information content (AvgIpc) is 2.39. The van der Waals surface area contributed by atoms with E-state index in [1.54, 1.807) is 0 Å². The Hall–Kier alpha value is 1.75. The summed E-state index contributed by atoms with van der Waals surface area (Å²) in [4.78, 5) is 0. The standard InChI is InChI=1S/C10H26O2S4Si2/c1-3-11-9-17-7-5-13-15-16-14-6-8-18-10-12-4-2/h3-10,17-18H2,1-2H3. The van der Waals surface area contributed by atoms with E-state index in [2.05, 4.69) is 13.8 Å². The highest BCUT2D eigenvalue weighted by atomic mass is 33.7. The predicted molar refractivity (Wildman–Crippen MR) is 99.8 cm³/mol. The molecule has 0 spiro atoms. The molecule has 0 aliphatic rings. The second-order valence-electron chi connectivity index (χ2n) is 3.59. The third-order valence-corrected chi connectivity index (χ3v) is 12.6. The van der Waals surface area contributed by atoms with E-state index in [9.17, 15) is 0 Å². The molecule has 0 saturated heterocycles. The highest BCUT2D eigenvalue weighted by Crippen LogP contribution is 2.43. The topological polar surface area (TPSA) is 18.5 Å². The normalized spacial score (nSPS) is 12.3. The molecule has 0 amide bonds. The van der Waals surface area contributed by atoms with Crippen LogP contribution < -0.4 is 0 Å². The Morgan fingerprint density at radius 3 is 1.61 bits per heavy atom. The quantitative estimate of drug-likeness (QED) is 0.251.